The Hall–Kier alpha value is -1.06. The van der Waals surface area contributed by atoms with E-state index in [1.165, 1.54) is 38.5 Å². The Morgan fingerprint density at radius 3 is 2.57 bits per heavy atom. The zero-order valence-electron chi connectivity index (χ0n) is 8.20. The van der Waals surface area contributed by atoms with E-state index in [0.29, 0.717) is 18.0 Å². The zero-order valence-corrected chi connectivity index (χ0v) is 8.20. The van der Waals surface area contributed by atoms with Crippen molar-refractivity contribution in [3.63, 3.8) is 0 Å². The van der Waals surface area contributed by atoms with E-state index in [1.807, 2.05) is 0 Å². The lowest BCUT2D eigenvalue weighted by Gasteiger charge is -2.00. The molecule has 3 rings (SSSR count). The van der Waals surface area contributed by atoms with Crippen molar-refractivity contribution in [1.29, 1.82) is 0 Å². The van der Waals surface area contributed by atoms with Gasteiger partial charge in [-0.1, -0.05) is 17.9 Å². The number of anilines is 1. The topological polar surface area (TPSA) is 51.0 Å². The third-order valence-corrected chi connectivity index (χ3v) is 3.05. The SMILES string of the molecule is C1CCC(c2nnc(NC3CC3)o2)C1. The summed E-state index contributed by atoms with van der Waals surface area (Å²) < 4.78 is 5.59. The van der Waals surface area contributed by atoms with Gasteiger partial charge in [0.15, 0.2) is 0 Å². The molecule has 1 aromatic rings. The predicted octanol–water partition coefficient (Wildman–Crippen LogP) is 2.30. The third kappa shape index (κ3) is 1.61. The third-order valence-electron chi connectivity index (χ3n) is 3.05. The van der Waals surface area contributed by atoms with E-state index in [9.17, 15) is 0 Å². The van der Waals surface area contributed by atoms with Gasteiger partial charge in [0.1, 0.15) is 0 Å². The molecule has 0 amide bonds. The molecular weight excluding hydrogens is 178 g/mol. The van der Waals surface area contributed by atoms with Gasteiger partial charge in [0.05, 0.1) is 0 Å². The van der Waals surface area contributed by atoms with Crippen LogP contribution in [0.5, 0.6) is 0 Å². The Bertz CT molecular complexity index is 313. The van der Waals surface area contributed by atoms with Crippen molar-refractivity contribution in [2.45, 2.75) is 50.5 Å². The second-order valence-corrected chi connectivity index (χ2v) is 4.35. The summed E-state index contributed by atoms with van der Waals surface area (Å²) in [5, 5.41) is 11.3. The Balaban J connectivity index is 1.68. The van der Waals surface area contributed by atoms with Crippen LogP contribution in [0.15, 0.2) is 4.42 Å². The summed E-state index contributed by atoms with van der Waals surface area (Å²) in [7, 11) is 0. The molecule has 0 saturated heterocycles. The van der Waals surface area contributed by atoms with Crippen LogP contribution in [0, 0.1) is 0 Å². The normalized spacial score (nSPS) is 22.9. The van der Waals surface area contributed by atoms with Crippen molar-refractivity contribution in [3.8, 4) is 0 Å². The van der Waals surface area contributed by atoms with Gasteiger partial charge in [-0.3, -0.25) is 0 Å². The van der Waals surface area contributed by atoms with E-state index in [0.717, 1.165) is 5.89 Å². The molecule has 0 atom stereocenters. The molecule has 1 aromatic heterocycles. The van der Waals surface area contributed by atoms with Gasteiger partial charge in [-0.2, -0.15) is 0 Å². The van der Waals surface area contributed by atoms with Crippen LogP contribution in [0.1, 0.15) is 50.3 Å². The maximum Gasteiger partial charge on any atom is 0.315 e. The molecule has 2 fully saturated rings. The van der Waals surface area contributed by atoms with Crippen molar-refractivity contribution in [3.05, 3.63) is 5.89 Å². The van der Waals surface area contributed by atoms with E-state index >= 15 is 0 Å². The van der Waals surface area contributed by atoms with Gasteiger partial charge in [0.2, 0.25) is 5.89 Å². The molecule has 0 aliphatic heterocycles. The average Bonchev–Trinajstić information content (AvgIpc) is 2.71. The second kappa shape index (κ2) is 3.26. The number of hydrogen-bond donors (Lipinski definition) is 1. The van der Waals surface area contributed by atoms with E-state index in [-0.39, 0.29) is 0 Å². The molecule has 4 heteroatoms. The highest BCUT2D eigenvalue weighted by Crippen LogP contribution is 2.34. The quantitative estimate of drug-likeness (QED) is 0.800. The highest BCUT2D eigenvalue weighted by Gasteiger charge is 2.26. The first kappa shape index (κ1) is 8.26. The highest BCUT2D eigenvalue weighted by molar-refractivity contribution is 5.22. The molecule has 0 bridgehead atoms. The fourth-order valence-electron chi connectivity index (χ4n) is 2.03. The van der Waals surface area contributed by atoms with Crippen LogP contribution in [-0.4, -0.2) is 16.2 Å². The van der Waals surface area contributed by atoms with Crippen LogP contribution in [0.2, 0.25) is 0 Å². The Kier molecular flexibility index (Phi) is 1.92. The minimum Gasteiger partial charge on any atom is -0.408 e. The van der Waals surface area contributed by atoms with Crippen molar-refractivity contribution >= 4 is 6.01 Å². The fraction of sp³-hybridized carbons (Fsp3) is 0.800. The molecule has 2 saturated carbocycles. The molecule has 76 valence electrons. The predicted molar refractivity (Wildman–Crippen MR) is 52.2 cm³/mol. The van der Waals surface area contributed by atoms with Gasteiger partial charge in [0, 0.05) is 12.0 Å². The van der Waals surface area contributed by atoms with Crippen LogP contribution >= 0.6 is 0 Å². The van der Waals surface area contributed by atoms with E-state index in [2.05, 4.69) is 15.5 Å². The summed E-state index contributed by atoms with van der Waals surface area (Å²) in [6, 6.07) is 1.21. The summed E-state index contributed by atoms with van der Waals surface area (Å²) in [5.41, 5.74) is 0. The maximum atomic E-state index is 5.59. The van der Waals surface area contributed by atoms with Crippen LogP contribution < -0.4 is 5.32 Å². The van der Waals surface area contributed by atoms with Crippen LogP contribution in [-0.2, 0) is 0 Å². The lowest BCUT2D eigenvalue weighted by molar-refractivity contribution is 0.457. The van der Waals surface area contributed by atoms with Gasteiger partial charge >= 0.3 is 6.01 Å². The Morgan fingerprint density at radius 2 is 1.86 bits per heavy atom. The molecule has 0 radical (unpaired) electrons. The molecule has 2 aliphatic rings. The summed E-state index contributed by atoms with van der Waals surface area (Å²) in [4.78, 5) is 0. The number of nitrogens with one attached hydrogen (secondary N) is 1. The fourth-order valence-corrected chi connectivity index (χ4v) is 2.03. The molecule has 0 unspecified atom stereocenters. The number of rotatable bonds is 3. The van der Waals surface area contributed by atoms with Crippen LogP contribution in [0.25, 0.3) is 0 Å². The molecule has 14 heavy (non-hydrogen) atoms. The largest absolute Gasteiger partial charge is 0.408 e. The van der Waals surface area contributed by atoms with Gasteiger partial charge < -0.3 is 9.73 Å². The summed E-state index contributed by atoms with van der Waals surface area (Å²) >= 11 is 0. The van der Waals surface area contributed by atoms with Gasteiger partial charge in [-0.15, -0.1) is 5.10 Å². The zero-order chi connectivity index (χ0) is 9.38. The minimum atomic E-state index is 0.525. The molecule has 2 aliphatic carbocycles. The van der Waals surface area contributed by atoms with E-state index in [1.54, 1.807) is 0 Å². The number of hydrogen-bond acceptors (Lipinski definition) is 4. The lowest BCUT2D eigenvalue weighted by Crippen LogP contribution is -2.00. The van der Waals surface area contributed by atoms with Gasteiger partial charge in [-0.05, 0) is 25.7 Å². The molecule has 1 heterocycles. The van der Waals surface area contributed by atoms with Crippen molar-refractivity contribution in [1.82, 2.24) is 10.2 Å². The monoisotopic (exact) mass is 193 g/mol. The second-order valence-electron chi connectivity index (χ2n) is 4.35. The van der Waals surface area contributed by atoms with Gasteiger partial charge in [-0.25, -0.2) is 0 Å². The number of aromatic nitrogens is 2. The van der Waals surface area contributed by atoms with Crippen molar-refractivity contribution in [2.75, 3.05) is 5.32 Å². The van der Waals surface area contributed by atoms with Crippen LogP contribution in [0.3, 0.4) is 0 Å². The average molecular weight is 193 g/mol. The molecular formula is C10H15N3O. The van der Waals surface area contributed by atoms with E-state index in [4.69, 9.17) is 4.42 Å². The van der Waals surface area contributed by atoms with Crippen molar-refractivity contribution in [2.24, 2.45) is 0 Å². The minimum absolute atomic E-state index is 0.525. The first-order valence-corrected chi connectivity index (χ1v) is 5.52. The standard InChI is InChI=1S/C10H15N3O/c1-2-4-7(3-1)9-12-13-10(14-9)11-8-5-6-8/h7-8H,1-6H2,(H,11,13). The first-order valence-electron chi connectivity index (χ1n) is 5.52. The number of nitrogens with zero attached hydrogens (tertiary/aromatic N) is 2. The van der Waals surface area contributed by atoms with Crippen LogP contribution in [0.4, 0.5) is 6.01 Å². The summed E-state index contributed by atoms with van der Waals surface area (Å²) in [6.07, 6.45) is 7.51. The Morgan fingerprint density at radius 1 is 1.07 bits per heavy atom. The molecule has 0 spiro atoms. The molecule has 0 aromatic carbocycles. The summed E-state index contributed by atoms with van der Waals surface area (Å²) in [5.74, 6) is 1.36. The summed E-state index contributed by atoms with van der Waals surface area (Å²) in [6.45, 7) is 0. The highest BCUT2D eigenvalue weighted by atomic mass is 16.4. The smallest absolute Gasteiger partial charge is 0.315 e. The molecule has 4 nitrogen and oxygen atoms in total. The van der Waals surface area contributed by atoms with Crippen molar-refractivity contribution < 1.29 is 4.42 Å². The molecule has 1 N–H and O–H groups in total. The first-order chi connectivity index (χ1) is 6.92. The van der Waals surface area contributed by atoms with E-state index < -0.39 is 0 Å². The van der Waals surface area contributed by atoms with Gasteiger partial charge in [0.25, 0.3) is 0 Å². The lowest BCUT2D eigenvalue weighted by atomic mass is 10.1. The Labute approximate surface area is 83.1 Å². The maximum absolute atomic E-state index is 5.59.